The fourth-order valence-electron chi connectivity index (χ4n) is 0.911. The molecule has 0 saturated heterocycles. The van der Waals surface area contributed by atoms with Gasteiger partial charge in [-0.2, -0.15) is 0 Å². The molecule has 0 aromatic carbocycles. The highest BCUT2D eigenvalue weighted by Crippen LogP contribution is 2.20. The van der Waals surface area contributed by atoms with Crippen LogP contribution in [0.2, 0.25) is 0 Å². The molecule has 0 aliphatic rings. The van der Waals surface area contributed by atoms with E-state index in [2.05, 4.69) is 20.9 Å². The first-order valence-corrected chi connectivity index (χ1v) is 4.24. The zero-order valence-electron chi connectivity index (χ0n) is 6.52. The Hall–Kier alpha value is -0.510. The number of aromatic nitrogens is 1. The van der Waals surface area contributed by atoms with E-state index in [9.17, 15) is 8.78 Å². The predicted octanol–water partition coefficient (Wildman–Crippen LogP) is 3.04. The summed E-state index contributed by atoms with van der Waals surface area (Å²) in [4.78, 5) is 3.79. The van der Waals surface area contributed by atoms with Gasteiger partial charge in [0.25, 0.3) is 0 Å². The highest BCUT2D eigenvalue weighted by Gasteiger charge is 2.21. The summed E-state index contributed by atoms with van der Waals surface area (Å²) in [6.07, 6.45) is 2.75. The van der Waals surface area contributed by atoms with Gasteiger partial charge in [0.05, 0.1) is 0 Å². The molecule has 0 aliphatic carbocycles. The smallest absolute Gasteiger partial charge is 0.249 e. The Kier molecular flexibility index (Phi) is 2.77. The fraction of sp³-hybridized carbons (Fsp3) is 0.375. The van der Waals surface area contributed by atoms with E-state index in [1.54, 1.807) is 12.3 Å². The lowest BCUT2D eigenvalue weighted by Crippen LogP contribution is -2.13. The van der Waals surface area contributed by atoms with Crippen LogP contribution in [0, 0.1) is 0 Å². The van der Waals surface area contributed by atoms with Crippen LogP contribution < -0.4 is 0 Å². The Morgan fingerprint density at radius 1 is 1.50 bits per heavy atom. The summed E-state index contributed by atoms with van der Waals surface area (Å²) in [6, 6.07) is 1.64. The Balaban J connectivity index is 2.77. The van der Waals surface area contributed by atoms with Crippen molar-refractivity contribution >= 4 is 15.9 Å². The van der Waals surface area contributed by atoms with Gasteiger partial charge in [-0.05, 0) is 34.5 Å². The van der Waals surface area contributed by atoms with Gasteiger partial charge in [0.1, 0.15) is 0 Å². The summed E-state index contributed by atoms with van der Waals surface area (Å²) < 4.78 is 25.7. The van der Waals surface area contributed by atoms with Gasteiger partial charge in [-0.3, -0.25) is 4.98 Å². The molecule has 0 radical (unpaired) electrons. The Morgan fingerprint density at radius 3 is 2.67 bits per heavy atom. The molecule has 66 valence electrons. The lowest BCUT2D eigenvalue weighted by Gasteiger charge is -2.09. The molecule has 0 bridgehead atoms. The van der Waals surface area contributed by atoms with Gasteiger partial charge in [-0.25, -0.2) is 8.78 Å². The van der Waals surface area contributed by atoms with Crippen molar-refractivity contribution in [2.45, 2.75) is 19.3 Å². The van der Waals surface area contributed by atoms with Crippen LogP contribution in [0.4, 0.5) is 8.78 Å². The van der Waals surface area contributed by atoms with Crippen molar-refractivity contribution in [3.05, 3.63) is 28.5 Å². The summed E-state index contributed by atoms with van der Waals surface area (Å²) in [7, 11) is 0. The van der Waals surface area contributed by atoms with E-state index < -0.39 is 5.92 Å². The standard InChI is InChI=1S/C8H8BrF2N/c1-8(10,11)3-6-2-7(9)5-12-4-6/h2,4-5H,3H2,1H3. The highest BCUT2D eigenvalue weighted by molar-refractivity contribution is 9.10. The van der Waals surface area contributed by atoms with Crippen LogP contribution in [0.1, 0.15) is 12.5 Å². The number of halogens is 3. The molecule has 0 spiro atoms. The van der Waals surface area contributed by atoms with E-state index in [1.807, 2.05) is 0 Å². The summed E-state index contributed by atoms with van der Waals surface area (Å²) in [5.41, 5.74) is 0.539. The van der Waals surface area contributed by atoms with Crippen LogP contribution >= 0.6 is 15.9 Å². The van der Waals surface area contributed by atoms with E-state index in [4.69, 9.17) is 0 Å². The fourth-order valence-corrected chi connectivity index (χ4v) is 1.32. The third kappa shape index (κ3) is 3.26. The topological polar surface area (TPSA) is 12.9 Å². The number of hydrogen-bond donors (Lipinski definition) is 0. The van der Waals surface area contributed by atoms with Crippen molar-refractivity contribution in [2.75, 3.05) is 0 Å². The van der Waals surface area contributed by atoms with Gasteiger partial charge in [0, 0.05) is 23.3 Å². The quantitative estimate of drug-likeness (QED) is 0.768. The molecule has 1 heterocycles. The first kappa shape index (κ1) is 9.58. The summed E-state index contributed by atoms with van der Waals surface area (Å²) >= 11 is 3.16. The second-order valence-corrected chi connectivity index (χ2v) is 3.67. The molecule has 0 atom stereocenters. The number of pyridine rings is 1. The minimum Gasteiger partial charge on any atom is -0.263 e. The lowest BCUT2D eigenvalue weighted by molar-refractivity contribution is 0.0225. The van der Waals surface area contributed by atoms with Crippen molar-refractivity contribution < 1.29 is 8.78 Å². The first-order valence-electron chi connectivity index (χ1n) is 3.45. The van der Waals surface area contributed by atoms with Crippen molar-refractivity contribution in [3.8, 4) is 0 Å². The maximum Gasteiger partial charge on any atom is 0.249 e. The molecule has 12 heavy (non-hydrogen) atoms. The second kappa shape index (κ2) is 3.47. The molecule has 1 aromatic rings. The van der Waals surface area contributed by atoms with Gasteiger partial charge < -0.3 is 0 Å². The molecule has 1 aromatic heterocycles. The van der Waals surface area contributed by atoms with Crippen LogP contribution in [-0.4, -0.2) is 10.9 Å². The van der Waals surface area contributed by atoms with Crippen molar-refractivity contribution in [1.82, 2.24) is 4.98 Å². The van der Waals surface area contributed by atoms with Gasteiger partial charge >= 0.3 is 0 Å². The average Bonchev–Trinajstić information content (AvgIpc) is 1.82. The number of hydrogen-bond acceptors (Lipinski definition) is 1. The van der Waals surface area contributed by atoms with E-state index in [1.165, 1.54) is 6.20 Å². The number of rotatable bonds is 2. The first-order chi connectivity index (χ1) is 5.47. The zero-order valence-corrected chi connectivity index (χ0v) is 8.11. The van der Waals surface area contributed by atoms with Crippen molar-refractivity contribution in [3.63, 3.8) is 0 Å². The predicted molar refractivity (Wildman–Crippen MR) is 46.3 cm³/mol. The zero-order chi connectivity index (χ0) is 9.19. The summed E-state index contributed by atoms with van der Waals surface area (Å²) in [5.74, 6) is -2.66. The maximum absolute atomic E-state index is 12.5. The van der Waals surface area contributed by atoms with E-state index in [-0.39, 0.29) is 6.42 Å². The molecule has 1 rings (SSSR count). The van der Waals surface area contributed by atoms with Crippen LogP contribution in [-0.2, 0) is 6.42 Å². The average molecular weight is 236 g/mol. The second-order valence-electron chi connectivity index (χ2n) is 2.76. The molecular formula is C8H8BrF2N. The minimum atomic E-state index is -2.66. The maximum atomic E-state index is 12.5. The van der Waals surface area contributed by atoms with Crippen LogP contribution in [0.25, 0.3) is 0 Å². The molecule has 0 amide bonds. The SMILES string of the molecule is CC(F)(F)Cc1cncc(Br)c1. The molecule has 0 saturated carbocycles. The van der Waals surface area contributed by atoms with Gasteiger partial charge in [-0.15, -0.1) is 0 Å². The van der Waals surface area contributed by atoms with Crippen LogP contribution in [0.5, 0.6) is 0 Å². The van der Waals surface area contributed by atoms with Crippen LogP contribution in [0.15, 0.2) is 22.9 Å². The molecule has 0 unspecified atom stereocenters. The Bertz CT molecular complexity index is 270. The normalized spacial score (nSPS) is 11.7. The largest absolute Gasteiger partial charge is 0.263 e. The van der Waals surface area contributed by atoms with Crippen molar-refractivity contribution in [2.24, 2.45) is 0 Å². The highest BCUT2D eigenvalue weighted by atomic mass is 79.9. The van der Waals surface area contributed by atoms with Gasteiger partial charge in [-0.1, -0.05) is 0 Å². The van der Waals surface area contributed by atoms with Crippen molar-refractivity contribution in [1.29, 1.82) is 0 Å². The summed E-state index contributed by atoms with van der Waals surface area (Å²) in [6.45, 7) is 0.897. The minimum absolute atomic E-state index is 0.264. The number of alkyl halides is 2. The van der Waals surface area contributed by atoms with E-state index in [0.29, 0.717) is 5.56 Å². The molecule has 0 fully saturated rings. The lowest BCUT2D eigenvalue weighted by atomic mass is 10.1. The molecule has 4 heteroatoms. The third-order valence-corrected chi connectivity index (χ3v) is 1.71. The van der Waals surface area contributed by atoms with E-state index in [0.717, 1.165) is 11.4 Å². The Morgan fingerprint density at radius 2 is 2.17 bits per heavy atom. The molecule has 1 nitrogen and oxygen atoms in total. The molecule has 0 N–H and O–H groups in total. The van der Waals surface area contributed by atoms with Gasteiger partial charge in [0.2, 0.25) is 5.92 Å². The molecular weight excluding hydrogens is 228 g/mol. The number of nitrogens with zero attached hydrogens (tertiary/aromatic N) is 1. The van der Waals surface area contributed by atoms with Gasteiger partial charge in [0.15, 0.2) is 0 Å². The Labute approximate surface area is 77.9 Å². The van der Waals surface area contributed by atoms with Crippen LogP contribution in [0.3, 0.4) is 0 Å². The van der Waals surface area contributed by atoms with E-state index >= 15 is 0 Å². The monoisotopic (exact) mass is 235 g/mol. The molecule has 0 aliphatic heterocycles. The summed E-state index contributed by atoms with van der Waals surface area (Å²) in [5, 5.41) is 0. The third-order valence-electron chi connectivity index (χ3n) is 1.28.